The molecule has 0 amide bonds. The third kappa shape index (κ3) is 3.55. The summed E-state index contributed by atoms with van der Waals surface area (Å²) in [5, 5.41) is 7.93. The van der Waals surface area contributed by atoms with Gasteiger partial charge in [0, 0.05) is 0 Å². The van der Waals surface area contributed by atoms with Gasteiger partial charge in [0.25, 0.3) is 10.1 Å². The third-order valence-corrected chi connectivity index (χ3v) is 6.78. The van der Waals surface area contributed by atoms with Crippen molar-refractivity contribution in [1.82, 2.24) is 15.0 Å². The lowest BCUT2D eigenvalue weighted by molar-refractivity contribution is -0.230. The lowest BCUT2D eigenvalue weighted by Crippen LogP contribution is -2.47. The maximum absolute atomic E-state index is 13.0. The van der Waals surface area contributed by atoms with Gasteiger partial charge < -0.3 is 18.9 Å². The number of rotatable bonds is 3. The molecule has 10 nitrogen and oxygen atoms in total. The molecule has 5 atom stereocenters. The summed E-state index contributed by atoms with van der Waals surface area (Å²) in [6.45, 7) is 5.84. The summed E-state index contributed by atoms with van der Waals surface area (Å²) >= 11 is 0. The summed E-state index contributed by atoms with van der Waals surface area (Å²) in [5.74, 6) is -0.820. The standard InChI is InChI=1S/C19H23N3O7S/c1-11-4-6-13(7-5-11)30(23,24)29-14-9-22-12(8-20-21-22)10-25-16-15(14)26-18-17(16)27-19(2,3)28-18/h4-8,14-18H,9-10H2,1-3H3/t14-,15-,16+,17-,18-/m1/s1. The topological polar surface area (TPSA) is 111 Å². The number of aryl methyl sites for hydroxylation is 1. The van der Waals surface area contributed by atoms with Crippen LogP contribution < -0.4 is 0 Å². The van der Waals surface area contributed by atoms with Crippen molar-refractivity contribution in [2.45, 2.75) is 75.3 Å². The van der Waals surface area contributed by atoms with E-state index >= 15 is 0 Å². The van der Waals surface area contributed by atoms with Crippen molar-refractivity contribution in [1.29, 1.82) is 0 Å². The summed E-state index contributed by atoms with van der Waals surface area (Å²) < 4.78 is 57.1. The molecule has 0 saturated carbocycles. The van der Waals surface area contributed by atoms with Crippen LogP contribution >= 0.6 is 0 Å². The Morgan fingerprint density at radius 2 is 1.90 bits per heavy atom. The van der Waals surface area contributed by atoms with E-state index in [4.69, 9.17) is 23.1 Å². The zero-order chi connectivity index (χ0) is 21.1. The van der Waals surface area contributed by atoms with E-state index in [1.165, 1.54) is 12.1 Å². The number of ether oxygens (including phenoxy) is 4. The fraction of sp³-hybridized carbons (Fsp3) is 0.579. The number of fused-ring (bicyclic) bond motifs is 4. The van der Waals surface area contributed by atoms with Gasteiger partial charge in [-0.25, -0.2) is 4.68 Å². The van der Waals surface area contributed by atoms with Crippen LogP contribution in [0.1, 0.15) is 25.1 Å². The number of hydrogen-bond donors (Lipinski definition) is 0. The molecule has 2 saturated heterocycles. The number of benzene rings is 1. The third-order valence-electron chi connectivity index (χ3n) is 5.43. The average Bonchev–Trinajstić information content (AvgIpc) is 3.30. The van der Waals surface area contributed by atoms with Crippen molar-refractivity contribution in [2.75, 3.05) is 0 Å². The minimum Gasteiger partial charge on any atom is -0.366 e. The van der Waals surface area contributed by atoms with Crippen LogP contribution in [0.3, 0.4) is 0 Å². The molecule has 1 aromatic carbocycles. The summed E-state index contributed by atoms with van der Waals surface area (Å²) in [6, 6.07) is 6.47. The Morgan fingerprint density at radius 3 is 2.67 bits per heavy atom. The van der Waals surface area contributed by atoms with Crippen LogP contribution in [-0.4, -0.2) is 59.9 Å². The van der Waals surface area contributed by atoms with Crippen molar-refractivity contribution in [3.8, 4) is 0 Å². The molecule has 2 aromatic rings. The predicted octanol–water partition coefficient (Wildman–Crippen LogP) is 1.14. The van der Waals surface area contributed by atoms with Crippen molar-refractivity contribution >= 4 is 10.1 Å². The molecule has 0 N–H and O–H groups in total. The fourth-order valence-corrected chi connectivity index (χ4v) is 5.08. The molecule has 0 aliphatic carbocycles. The minimum atomic E-state index is -4.05. The second-order valence-corrected chi connectivity index (χ2v) is 9.73. The fourth-order valence-electron chi connectivity index (χ4n) is 4.00. The largest absolute Gasteiger partial charge is 0.366 e. The highest BCUT2D eigenvalue weighted by Crippen LogP contribution is 2.41. The Kier molecular flexibility index (Phi) is 4.73. The van der Waals surface area contributed by atoms with Crippen molar-refractivity contribution in [2.24, 2.45) is 0 Å². The van der Waals surface area contributed by atoms with Gasteiger partial charge in [-0.1, -0.05) is 22.9 Å². The van der Waals surface area contributed by atoms with Gasteiger partial charge in [-0.2, -0.15) is 8.42 Å². The van der Waals surface area contributed by atoms with Gasteiger partial charge in [-0.05, 0) is 32.9 Å². The van der Waals surface area contributed by atoms with Gasteiger partial charge in [0.1, 0.15) is 24.4 Å². The number of hydrogen-bond acceptors (Lipinski definition) is 9. The monoisotopic (exact) mass is 437 g/mol. The molecule has 11 heteroatoms. The molecule has 3 aliphatic rings. The molecule has 1 aromatic heterocycles. The highest BCUT2D eigenvalue weighted by molar-refractivity contribution is 7.86. The molecule has 3 aliphatic heterocycles. The van der Waals surface area contributed by atoms with Crippen LogP contribution in [0.4, 0.5) is 0 Å². The van der Waals surface area contributed by atoms with Crippen LogP contribution in [0.5, 0.6) is 0 Å². The first-order valence-corrected chi connectivity index (χ1v) is 11.1. The Balaban J connectivity index is 1.47. The lowest BCUT2D eigenvalue weighted by Gasteiger charge is -2.32. The lowest BCUT2D eigenvalue weighted by atomic mass is 10.0. The maximum atomic E-state index is 13.0. The first-order chi connectivity index (χ1) is 14.2. The molecule has 162 valence electrons. The van der Waals surface area contributed by atoms with Crippen LogP contribution in [0.25, 0.3) is 0 Å². The normalized spacial score (nSPS) is 32.7. The van der Waals surface area contributed by atoms with Crippen LogP contribution in [0.2, 0.25) is 0 Å². The molecule has 5 rings (SSSR count). The molecule has 0 bridgehead atoms. The number of nitrogens with zero attached hydrogens (tertiary/aromatic N) is 3. The Morgan fingerprint density at radius 1 is 1.13 bits per heavy atom. The van der Waals surface area contributed by atoms with E-state index < -0.39 is 46.6 Å². The van der Waals surface area contributed by atoms with Gasteiger partial charge in [0.2, 0.25) is 0 Å². The number of aromatic nitrogens is 3. The molecular weight excluding hydrogens is 414 g/mol. The SMILES string of the molecule is Cc1ccc(S(=O)(=O)O[C@@H]2Cn3nncc3CO[C@@H]3[C@H]4OC(C)(C)O[C@H]4O[C@@H]32)cc1. The predicted molar refractivity (Wildman–Crippen MR) is 101 cm³/mol. The van der Waals surface area contributed by atoms with Crippen molar-refractivity contribution in [3.05, 3.63) is 41.7 Å². The Labute approximate surface area is 174 Å². The Hall–Kier alpha value is -1.89. The average molecular weight is 437 g/mol. The first kappa shape index (κ1) is 20.0. The van der Waals surface area contributed by atoms with Crippen molar-refractivity contribution < 1.29 is 31.5 Å². The van der Waals surface area contributed by atoms with Gasteiger partial charge >= 0.3 is 0 Å². The van der Waals surface area contributed by atoms with Crippen LogP contribution in [-0.2, 0) is 46.4 Å². The van der Waals surface area contributed by atoms with Gasteiger partial charge in [-0.15, -0.1) is 5.10 Å². The summed E-state index contributed by atoms with van der Waals surface area (Å²) in [7, 11) is -4.05. The van der Waals surface area contributed by atoms with Crippen molar-refractivity contribution in [3.63, 3.8) is 0 Å². The highest BCUT2D eigenvalue weighted by Gasteiger charge is 2.58. The van der Waals surface area contributed by atoms with E-state index in [9.17, 15) is 8.42 Å². The summed E-state index contributed by atoms with van der Waals surface area (Å²) in [5.41, 5.74) is 1.65. The molecule has 4 heterocycles. The van der Waals surface area contributed by atoms with E-state index in [0.29, 0.717) is 5.69 Å². The smallest absolute Gasteiger partial charge is 0.297 e. The van der Waals surface area contributed by atoms with Gasteiger partial charge in [-0.3, -0.25) is 4.18 Å². The molecule has 2 fully saturated rings. The first-order valence-electron chi connectivity index (χ1n) is 9.72. The molecule has 0 radical (unpaired) electrons. The second kappa shape index (κ2) is 7.08. The molecule has 0 unspecified atom stereocenters. The van der Waals surface area contributed by atoms with Gasteiger partial charge in [0.15, 0.2) is 12.1 Å². The van der Waals surface area contributed by atoms with E-state index in [1.807, 2.05) is 6.92 Å². The van der Waals surface area contributed by atoms with E-state index in [1.54, 1.807) is 36.9 Å². The summed E-state index contributed by atoms with van der Waals surface area (Å²) in [6.07, 6.45) is -1.81. The zero-order valence-electron chi connectivity index (χ0n) is 16.8. The van der Waals surface area contributed by atoms with E-state index in [0.717, 1.165) is 5.56 Å². The molecule has 30 heavy (non-hydrogen) atoms. The highest BCUT2D eigenvalue weighted by atomic mass is 32.2. The molecule has 0 spiro atoms. The Bertz CT molecular complexity index is 1040. The maximum Gasteiger partial charge on any atom is 0.297 e. The quantitative estimate of drug-likeness (QED) is 0.653. The van der Waals surface area contributed by atoms with Crippen LogP contribution in [0, 0.1) is 6.92 Å². The summed E-state index contributed by atoms with van der Waals surface area (Å²) in [4.78, 5) is 0.0678. The van der Waals surface area contributed by atoms with E-state index in [2.05, 4.69) is 10.3 Å². The minimum absolute atomic E-state index is 0.0678. The van der Waals surface area contributed by atoms with E-state index in [-0.39, 0.29) is 18.0 Å². The second-order valence-electron chi connectivity index (χ2n) is 8.15. The van der Waals surface area contributed by atoms with Crippen LogP contribution in [0.15, 0.2) is 35.4 Å². The molecular formula is C19H23N3O7S. The zero-order valence-corrected chi connectivity index (χ0v) is 17.6. The van der Waals surface area contributed by atoms with Gasteiger partial charge in [0.05, 0.1) is 29.9 Å².